The molecule has 2 aliphatic rings. The molecule has 8 heteroatoms. The molecule has 0 N–H and O–H groups in total. The van der Waals surface area contributed by atoms with Crippen LogP contribution in [0.2, 0.25) is 0 Å². The van der Waals surface area contributed by atoms with Gasteiger partial charge in [0.15, 0.2) is 5.79 Å². The van der Waals surface area contributed by atoms with Gasteiger partial charge in [0.05, 0.1) is 26.2 Å². The molecule has 3 rings (SSSR count). The standard InChI is InChI=1S/C19H23F2NO5/c1-25-18(24)14-6-13(10-19(11-14)26-4-5-27-19)2-3-22(12-23)17-8-15(20)7-16(21)9-17/h7-9,12-14H,2-6,10-11H2,1H3. The predicted molar refractivity (Wildman–Crippen MR) is 91.9 cm³/mol. The Hall–Kier alpha value is -2.06. The van der Waals surface area contributed by atoms with Crippen LogP contribution in [0.5, 0.6) is 0 Å². The fraction of sp³-hybridized carbons (Fsp3) is 0.579. The quantitative estimate of drug-likeness (QED) is 0.558. The van der Waals surface area contributed by atoms with E-state index >= 15 is 0 Å². The number of carbonyl (C=O) groups is 2. The molecule has 1 aromatic carbocycles. The number of rotatable bonds is 6. The SMILES string of the molecule is COC(=O)C1CC(CCN(C=O)c2cc(F)cc(F)c2)CC2(C1)OCCO2. The predicted octanol–water partition coefficient (Wildman–Crippen LogP) is 2.65. The van der Waals surface area contributed by atoms with Gasteiger partial charge in [0.1, 0.15) is 11.6 Å². The lowest BCUT2D eigenvalue weighted by atomic mass is 9.76. The third-order valence-electron chi connectivity index (χ3n) is 5.21. The first-order chi connectivity index (χ1) is 12.9. The van der Waals surface area contributed by atoms with E-state index in [2.05, 4.69) is 0 Å². The van der Waals surface area contributed by atoms with Crippen molar-refractivity contribution >= 4 is 18.1 Å². The summed E-state index contributed by atoms with van der Waals surface area (Å²) in [6, 6.07) is 2.98. The van der Waals surface area contributed by atoms with E-state index in [4.69, 9.17) is 14.2 Å². The largest absolute Gasteiger partial charge is 0.469 e. The van der Waals surface area contributed by atoms with Crippen LogP contribution >= 0.6 is 0 Å². The summed E-state index contributed by atoms with van der Waals surface area (Å²) in [7, 11) is 1.35. The van der Waals surface area contributed by atoms with Crippen molar-refractivity contribution in [3.63, 3.8) is 0 Å². The molecule has 1 aromatic rings. The molecule has 1 saturated heterocycles. The summed E-state index contributed by atoms with van der Waals surface area (Å²) in [5.41, 5.74) is 0.158. The zero-order valence-corrected chi connectivity index (χ0v) is 15.2. The van der Waals surface area contributed by atoms with Crippen molar-refractivity contribution in [2.75, 3.05) is 31.8 Å². The smallest absolute Gasteiger partial charge is 0.308 e. The molecule has 1 saturated carbocycles. The summed E-state index contributed by atoms with van der Waals surface area (Å²) in [6.07, 6.45) is 2.73. The summed E-state index contributed by atoms with van der Waals surface area (Å²) >= 11 is 0. The van der Waals surface area contributed by atoms with Crippen LogP contribution in [0.1, 0.15) is 25.7 Å². The summed E-state index contributed by atoms with van der Waals surface area (Å²) in [6.45, 7) is 1.22. The Balaban J connectivity index is 1.69. The lowest BCUT2D eigenvalue weighted by molar-refractivity contribution is -0.204. The molecule has 2 atom stereocenters. The molecule has 6 nitrogen and oxygen atoms in total. The van der Waals surface area contributed by atoms with Gasteiger partial charge in [0.25, 0.3) is 0 Å². The van der Waals surface area contributed by atoms with Gasteiger partial charge in [-0.2, -0.15) is 0 Å². The van der Waals surface area contributed by atoms with Gasteiger partial charge in [-0.15, -0.1) is 0 Å². The average Bonchev–Trinajstić information content (AvgIpc) is 3.07. The maximum atomic E-state index is 13.4. The molecule has 1 amide bonds. The van der Waals surface area contributed by atoms with E-state index in [1.807, 2.05) is 0 Å². The van der Waals surface area contributed by atoms with Crippen LogP contribution in [-0.4, -0.2) is 45.0 Å². The molecule has 0 radical (unpaired) electrons. The van der Waals surface area contributed by atoms with Crippen LogP contribution in [0.25, 0.3) is 0 Å². The van der Waals surface area contributed by atoms with Crippen LogP contribution in [0.3, 0.4) is 0 Å². The molecule has 0 bridgehead atoms. The molecule has 27 heavy (non-hydrogen) atoms. The van der Waals surface area contributed by atoms with Crippen LogP contribution in [0.15, 0.2) is 18.2 Å². The highest BCUT2D eigenvalue weighted by molar-refractivity contribution is 5.75. The van der Waals surface area contributed by atoms with Crippen LogP contribution in [0.4, 0.5) is 14.5 Å². The number of nitrogens with zero attached hydrogens (tertiary/aromatic N) is 1. The van der Waals surface area contributed by atoms with Gasteiger partial charge in [-0.05, 0) is 30.9 Å². The lowest BCUT2D eigenvalue weighted by Crippen LogP contribution is -2.43. The Morgan fingerprint density at radius 3 is 2.52 bits per heavy atom. The van der Waals surface area contributed by atoms with E-state index in [0.717, 1.165) is 18.2 Å². The highest BCUT2D eigenvalue weighted by atomic mass is 19.1. The normalized spacial score (nSPS) is 24.0. The van der Waals surface area contributed by atoms with E-state index in [9.17, 15) is 18.4 Å². The summed E-state index contributed by atoms with van der Waals surface area (Å²) in [4.78, 5) is 24.7. The Bertz CT molecular complexity index is 672. The number of halogens is 2. The van der Waals surface area contributed by atoms with E-state index in [-0.39, 0.29) is 30.0 Å². The molecule has 1 spiro atoms. The Morgan fingerprint density at radius 1 is 1.26 bits per heavy atom. The van der Waals surface area contributed by atoms with E-state index < -0.39 is 17.4 Å². The second-order valence-corrected chi connectivity index (χ2v) is 7.05. The Kier molecular flexibility index (Phi) is 6.06. The van der Waals surface area contributed by atoms with Crippen molar-refractivity contribution in [1.29, 1.82) is 0 Å². The lowest BCUT2D eigenvalue weighted by Gasteiger charge is -2.40. The van der Waals surface area contributed by atoms with Gasteiger partial charge in [-0.3, -0.25) is 9.59 Å². The van der Waals surface area contributed by atoms with Crippen molar-refractivity contribution < 1.29 is 32.6 Å². The number of carbonyl (C=O) groups excluding carboxylic acids is 2. The van der Waals surface area contributed by atoms with Crippen molar-refractivity contribution in [3.8, 4) is 0 Å². The number of hydrogen-bond acceptors (Lipinski definition) is 5. The van der Waals surface area contributed by atoms with Gasteiger partial charge < -0.3 is 19.1 Å². The minimum absolute atomic E-state index is 0.0433. The number of benzene rings is 1. The first-order valence-corrected chi connectivity index (χ1v) is 8.98. The number of hydrogen-bond donors (Lipinski definition) is 0. The second-order valence-electron chi connectivity index (χ2n) is 7.05. The molecule has 0 aromatic heterocycles. The van der Waals surface area contributed by atoms with Crippen LogP contribution < -0.4 is 4.90 Å². The minimum atomic E-state index is -0.793. The fourth-order valence-electron chi connectivity index (χ4n) is 4.04. The maximum absolute atomic E-state index is 13.4. The average molecular weight is 383 g/mol. The molecule has 1 aliphatic heterocycles. The Labute approximate surface area is 156 Å². The third-order valence-corrected chi connectivity index (χ3v) is 5.21. The molecule has 1 aliphatic carbocycles. The second kappa shape index (κ2) is 8.31. The first-order valence-electron chi connectivity index (χ1n) is 8.98. The molecule has 148 valence electrons. The molecular formula is C19H23F2NO5. The van der Waals surface area contributed by atoms with Crippen LogP contribution in [-0.2, 0) is 23.8 Å². The number of ether oxygens (including phenoxy) is 3. The number of amides is 1. The number of methoxy groups -OCH3 is 1. The number of anilines is 1. The van der Waals surface area contributed by atoms with Crippen molar-refractivity contribution in [2.24, 2.45) is 11.8 Å². The molecule has 2 unspecified atom stereocenters. The zero-order valence-electron chi connectivity index (χ0n) is 15.2. The van der Waals surface area contributed by atoms with Crippen molar-refractivity contribution in [2.45, 2.75) is 31.5 Å². The van der Waals surface area contributed by atoms with Gasteiger partial charge >= 0.3 is 5.97 Å². The minimum Gasteiger partial charge on any atom is -0.469 e. The van der Waals surface area contributed by atoms with Gasteiger partial charge in [0.2, 0.25) is 6.41 Å². The van der Waals surface area contributed by atoms with E-state index in [1.165, 1.54) is 12.0 Å². The highest BCUT2D eigenvalue weighted by Crippen LogP contribution is 2.43. The maximum Gasteiger partial charge on any atom is 0.308 e. The zero-order chi connectivity index (χ0) is 19.4. The Morgan fingerprint density at radius 2 is 1.93 bits per heavy atom. The molecule has 1 heterocycles. The van der Waals surface area contributed by atoms with E-state index in [0.29, 0.717) is 45.3 Å². The molecule has 2 fully saturated rings. The fourth-order valence-corrected chi connectivity index (χ4v) is 4.04. The van der Waals surface area contributed by atoms with Crippen molar-refractivity contribution in [1.82, 2.24) is 0 Å². The van der Waals surface area contributed by atoms with Gasteiger partial charge in [-0.25, -0.2) is 8.78 Å². The topological polar surface area (TPSA) is 65.1 Å². The first kappa shape index (κ1) is 19.7. The summed E-state index contributed by atoms with van der Waals surface area (Å²) in [5, 5.41) is 0. The van der Waals surface area contributed by atoms with Crippen LogP contribution in [0, 0.1) is 23.5 Å². The molecular weight excluding hydrogens is 360 g/mol. The monoisotopic (exact) mass is 383 g/mol. The number of esters is 1. The van der Waals surface area contributed by atoms with Gasteiger partial charge in [0, 0.05) is 31.1 Å². The van der Waals surface area contributed by atoms with E-state index in [1.54, 1.807) is 0 Å². The summed E-state index contributed by atoms with van der Waals surface area (Å²) < 4.78 is 43.3. The third kappa shape index (κ3) is 4.62. The highest BCUT2D eigenvalue weighted by Gasteiger charge is 2.47. The van der Waals surface area contributed by atoms with Gasteiger partial charge in [-0.1, -0.05) is 0 Å². The summed E-state index contributed by atoms with van der Waals surface area (Å²) in [5.74, 6) is -2.89. The van der Waals surface area contributed by atoms with Crippen molar-refractivity contribution in [3.05, 3.63) is 29.8 Å².